The van der Waals surface area contributed by atoms with E-state index in [4.69, 9.17) is 6.42 Å². The van der Waals surface area contributed by atoms with Gasteiger partial charge >= 0.3 is 0 Å². The molecule has 1 heterocycles. The molecular weight excluding hydrogens is 176 g/mol. The summed E-state index contributed by atoms with van der Waals surface area (Å²) in [6.45, 7) is 0.246. The van der Waals surface area contributed by atoms with Crippen molar-refractivity contribution in [1.82, 2.24) is 10.3 Å². The van der Waals surface area contributed by atoms with Crippen molar-refractivity contribution in [2.75, 3.05) is 6.54 Å². The molecule has 0 aliphatic heterocycles. The lowest BCUT2D eigenvalue weighted by Crippen LogP contribution is -2.20. The lowest BCUT2D eigenvalue weighted by Gasteiger charge is -1.94. The third kappa shape index (κ3) is 3.55. The van der Waals surface area contributed by atoms with Crippen molar-refractivity contribution in [3.05, 3.63) is 36.2 Å². The molecule has 3 heteroatoms. The average molecular weight is 186 g/mol. The van der Waals surface area contributed by atoms with E-state index in [9.17, 15) is 4.79 Å². The van der Waals surface area contributed by atoms with Gasteiger partial charge in [-0.25, -0.2) is 0 Å². The second-order valence-electron chi connectivity index (χ2n) is 2.54. The van der Waals surface area contributed by atoms with Crippen molar-refractivity contribution in [2.45, 2.75) is 0 Å². The molecule has 1 rings (SSSR count). The number of rotatable bonds is 3. The molecule has 0 fully saturated rings. The Morgan fingerprint density at radius 3 is 3.21 bits per heavy atom. The van der Waals surface area contributed by atoms with Crippen molar-refractivity contribution in [3.63, 3.8) is 0 Å². The summed E-state index contributed by atoms with van der Waals surface area (Å²) in [7, 11) is 0. The molecule has 0 aliphatic rings. The van der Waals surface area contributed by atoms with Gasteiger partial charge in [0.2, 0.25) is 5.91 Å². The average Bonchev–Trinajstić information content (AvgIpc) is 2.25. The summed E-state index contributed by atoms with van der Waals surface area (Å²) >= 11 is 0. The zero-order valence-corrected chi connectivity index (χ0v) is 7.60. The fraction of sp³-hybridized carbons (Fsp3) is 0.0909. The van der Waals surface area contributed by atoms with Crippen molar-refractivity contribution >= 4 is 12.0 Å². The first-order chi connectivity index (χ1) is 6.83. The molecule has 1 aromatic heterocycles. The number of hydrogen-bond donors (Lipinski definition) is 1. The van der Waals surface area contributed by atoms with Gasteiger partial charge in [0.1, 0.15) is 0 Å². The molecule has 0 atom stereocenters. The summed E-state index contributed by atoms with van der Waals surface area (Å²) in [6, 6.07) is 3.66. The molecular formula is C11H10N2O. The molecule has 3 nitrogen and oxygen atoms in total. The number of terminal acetylenes is 1. The number of pyridine rings is 1. The molecule has 0 radical (unpaired) electrons. The van der Waals surface area contributed by atoms with E-state index < -0.39 is 0 Å². The maximum atomic E-state index is 11.1. The van der Waals surface area contributed by atoms with Crippen LogP contribution in [0.15, 0.2) is 30.6 Å². The quantitative estimate of drug-likeness (QED) is 0.561. The molecule has 0 unspecified atom stereocenters. The van der Waals surface area contributed by atoms with Gasteiger partial charge in [-0.05, 0) is 17.7 Å². The van der Waals surface area contributed by atoms with Gasteiger partial charge in [0, 0.05) is 18.5 Å². The molecule has 0 aliphatic carbocycles. The van der Waals surface area contributed by atoms with Crippen LogP contribution in [0.1, 0.15) is 5.56 Å². The normalized spacial score (nSPS) is 9.64. The maximum Gasteiger partial charge on any atom is 0.244 e. The molecule has 0 saturated heterocycles. The Balaban J connectivity index is 2.49. The Bertz CT molecular complexity index is 363. The molecule has 0 bridgehead atoms. The highest BCUT2D eigenvalue weighted by Crippen LogP contribution is 1.97. The largest absolute Gasteiger partial charge is 0.342 e. The van der Waals surface area contributed by atoms with Crippen LogP contribution in [0.2, 0.25) is 0 Å². The molecule has 1 aromatic rings. The minimum absolute atomic E-state index is 0.202. The first-order valence-corrected chi connectivity index (χ1v) is 4.12. The Morgan fingerprint density at radius 2 is 2.57 bits per heavy atom. The van der Waals surface area contributed by atoms with E-state index in [1.165, 1.54) is 6.08 Å². The van der Waals surface area contributed by atoms with Crippen LogP contribution in [0.4, 0.5) is 0 Å². The van der Waals surface area contributed by atoms with Crippen LogP contribution in [0.3, 0.4) is 0 Å². The van der Waals surface area contributed by atoms with Gasteiger partial charge in [-0.15, -0.1) is 6.42 Å². The van der Waals surface area contributed by atoms with Crippen LogP contribution >= 0.6 is 0 Å². The number of carbonyl (C=O) groups is 1. The van der Waals surface area contributed by atoms with Crippen LogP contribution in [0, 0.1) is 12.3 Å². The topological polar surface area (TPSA) is 42.0 Å². The third-order valence-electron chi connectivity index (χ3n) is 1.48. The van der Waals surface area contributed by atoms with E-state index in [0.717, 1.165) is 5.56 Å². The number of amides is 1. The van der Waals surface area contributed by atoms with Gasteiger partial charge in [-0.1, -0.05) is 12.0 Å². The summed E-state index contributed by atoms with van der Waals surface area (Å²) in [5.41, 5.74) is 0.878. The summed E-state index contributed by atoms with van der Waals surface area (Å²) in [4.78, 5) is 15.0. The fourth-order valence-electron chi connectivity index (χ4n) is 0.844. The second kappa shape index (κ2) is 5.55. The first kappa shape index (κ1) is 10.0. The summed E-state index contributed by atoms with van der Waals surface area (Å²) < 4.78 is 0. The molecule has 14 heavy (non-hydrogen) atoms. The maximum absolute atomic E-state index is 11.1. The third-order valence-corrected chi connectivity index (χ3v) is 1.48. The van der Waals surface area contributed by atoms with Gasteiger partial charge in [0.05, 0.1) is 6.54 Å². The van der Waals surface area contributed by atoms with Gasteiger partial charge in [0.15, 0.2) is 0 Å². The Hall–Kier alpha value is -2.08. The molecule has 70 valence electrons. The highest BCUT2D eigenvalue weighted by molar-refractivity contribution is 5.91. The molecule has 0 aromatic carbocycles. The smallest absolute Gasteiger partial charge is 0.244 e. The Morgan fingerprint density at radius 1 is 1.71 bits per heavy atom. The molecule has 1 amide bonds. The molecule has 0 spiro atoms. The van der Waals surface area contributed by atoms with E-state index >= 15 is 0 Å². The summed E-state index contributed by atoms with van der Waals surface area (Å²) in [6.07, 6.45) is 11.4. The lowest BCUT2D eigenvalue weighted by atomic mass is 10.2. The van der Waals surface area contributed by atoms with Crippen molar-refractivity contribution in [3.8, 4) is 12.3 Å². The minimum Gasteiger partial charge on any atom is -0.342 e. The minimum atomic E-state index is -0.202. The molecule has 1 N–H and O–H groups in total. The van der Waals surface area contributed by atoms with Crippen LogP contribution in [-0.4, -0.2) is 17.4 Å². The van der Waals surface area contributed by atoms with E-state index in [2.05, 4.69) is 16.2 Å². The fourth-order valence-corrected chi connectivity index (χ4v) is 0.844. The number of aromatic nitrogens is 1. The molecule has 0 saturated carbocycles. The van der Waals surface area contributed by atoms with Crippen molar-refractivity contribution in [2.24, 2.45) is 0 Å². The number of nitrogens with one attached hydrogen (secondary N) is 1. The van der Waals surface area contributed by atoms with E-state index in [1.807, 2.05) is 6.07 Å². The first-order valence-electron chi connectivity index (χ1n) is 4.12. The van der Waals surface area contributed by atoms with Gasteiger partial charge in [-0.3, -0.25) is 9.78 Å². The van der Waals surface area contributed by atoms with Crippen molar-refractivity contribution in [1.29, 1.82) is 0 Å². The zero-order chi connectivity index (χ0) is 10.2. The predicted molar refractivity (Wildman–Crippen MR) is 55.1 cm³/mol. The van der Waals surface area contributed by atoms with Crippen LogP contribution in [-0.2, 0) is 4.79 Å². The summed E-state index contributed by atoms with van der Waals surface area (Å²) in [5, 5.41) is 2.52. The Kier molecular flexibility index (Phi) is 3.96. The van der Waals surface area contributed by atoms with Gasteiger partial charge in [-0.2, -0.15) is 0 Å². The number of hydrogen-bond acceptors (Lipinski definition) is 2. The SMILES string of the molecule is C#CCNC(=O)/C=C/c1cccnc1. The Labute approximate surface area is 82.9 Å². The highest BCUT2D eigenvalue weighted by Gasteiger charge is 1.91. The second-order valence-corrected chi connectivity index (χ2v) is 2.54. The van der Waals surface area contributed by atoms with E-state index in [-0.39, 0.29) is 12.5 Å². The summed E-state index contributed by atoms with van der Waals surface area (Å²) in [5.74, 6) is 2.12. The highest BCUT2D eigenvalue weighted by atomic mass is 16.1. The number of nitrogens with zero attached hydrogens (tertiary/aromatic N) is 1. The van der Waals surface area contributed by atoms with Crippen LogP contribution in [0.25, 0.3) is 6.08 Å². The number of carbonyl (C=O) groups excluding carboxylic acids is 1. The van der Waals surface area contributed by atoms with Gasteiger partial charge in [0.25, 0.3) is 0 Å². The van der Waals surface area contributed by atoms with Gasteiger partial charge < -0.3 is 5.32 Å². The van der Waals surface area contributed by atoms with Crippen LogP contribution < -0.4 is 5.32 Å². The monoisotopic (exact) mass is 186 g/mol. The lowest BCUT2D eigenvalue weighted by molar-refractivity contribution is -0.116. The predicted octanol–water partition coefficient (Wildman–Crippen LogP) is 0.844. The van der Waals surface area contributed by atoms with E-state index in [1.54, 1.807) is 24.5 Å². The van der Waals surface area contributed by atoms with E-state index in [0.29, 0.717) is 0 Å². The van der Waals surface area contributed by atoms with Crippen molar-refractivity contribution < 1.29 is 4.79 Å². The van der Waals surface area contributed by atoms with Crippen LogP contribution in [0.5, 0.6) is 0 Å². The zero-order valence-electron chi connectivity index (χ0n) is 7.60. The standard InChI is InChI=1S/C11H10N2O/c1-2-7-13-11(14)6-5-10-4-3-8-12-9-10/h1,3-6,8-9H,7H2,(H,13,14)/b6-5+.